The normalized spacial score (nSPS) is 15.7. The minimum atomic E-state index is -3.23. The lowest BCUT2D eigenvalue weighted by Crippen LogP contribution is -2.34. The van der Waals surface area contributed by atoms with Crippen LogP contribution in [0, 0.1) is 0 Å². The summed E-state index contributed by atoms with van der Waals surface area (Å²) in [5.74, 6) is 0.929. The molecule has 0 amide bonds. The number of nitrogens with zero attached hydrogens (tertiary/aromatic N) is 2. The van der Waals surface area contributed by atoms with Crippen LogP contribution in [-0.4, -0.2) is 9.55 Å². The van der Waals surface area contributed by atoms with E-state index in [2.05, 4.69) is 114 Å². The van der Waals surface area contributed by atoms with Gasteiger partial charge >= 0.3 is 0 Å². The highest BCUT2D eigenvalue weighted by Crippen LogP contribution is 2.61. The summed E-state index contributed by atoms with van der Waals surface area (Å²) >= 11 is 0. The van der Waals surface area contributed by atoms with Crippen molar-refractivity contribution in [1.82, 2.24) is 9.55 Å². The summed E-state index contributed by atoms with van der Waals surface area (Å²) in [7, 11) is -3.23. The van der Waals surface area contributed by atoms with E-state index < -0.39 is 12.6 Å². The van der Waals surface area contributed by atoms with Crippen LogP contribution in [0.2, 0.25) is 0 Å². The van der Waals surface area contributed by atoms with Crippen molar-refractivity contribution in [3.8, 4) is 28.2 Å². The number of fused-ring (bicyclic) bond motifs is 9. The van der Waals surface area contributed by atoms with Gasteiger partial charge in [-0.25, -0.2) is 4.98 Å². The fourth-order valence-electron chi connectivity index (χ4n) is 8.34. The summed E-state index contributed by atoms with van der Waals surface area (Å²) in [5.41, 5.74) is 10.8. The average Bonchev–Trinajstić information content (AvgIpc) is 3.70. The molecule has 1 atom stereocenters. The molecule has 7 aromatic carbocycles. The van der Waals surface area contributed by atoms with E-state index in [-0.39, 0.29) is 0 Å². The first kappa shape index (κ1) is 27.4. The van der Waals surface area contributed by atoms with E-state index in [0.717, 1.165) is 49.6 Å². The molecule has 1 unspecified atom stereocenters. The molecule has 2 heterocycles. The number of para-hydroxylation sites is 2. The molecular weight excluding hydrogens is 603 g/mol. The minimum absolute atomic E-state index is 0.639. The van der Waals surface area contributed by atoms with E-state index in [1.54, 1.807) is 0 Å². The van der Waals surface area contributed by atoms with Gasteiger partial charge in [0.2, 0.25) is 0 Å². The van der Waals surface area contributed by atoms with Gasteiger partial charge in [-0.15, -0.1) is 0 Å². The smallest absolute Gasteiger partial charge is 0.171 e. The van der Waals surface area contributed by atoms with Gasteiger partial charge in [0, 0.05) is 21.5 Å². The Morgan fingerprint density at radius 3 is 1.79 bits per heavy atom. The lowest BCUT2D eigenvalue weighted by molar-refractivity contribution is 0.592. The Hall–Kier alpha value is -5.76. The number of aromatic nitrogens is 2. The summed E-state index contributed by atoms with van der Waals surface area (Å²) < 4.78 is 18.1. The van der Waals surface area contributed by atoms with Gasteiger partial charge in [-0.2, -0.15) is 0 Å². The van der Waals surface area contributed by atoms with Crippen LogP contribution in [0.25, 0.3) is 39.2 Å². The summed E-state index contributed by atoms with van der Waals surface area (Å²) in [6, 6.07) is 61.1. The molecule has 0 N–H and O–H groups in total. The highest BCUT2D eigenvalue weighted by Gasteiger charge is 2.51. The molecule has 0 bridgehead atoms. The van der Waals surface area contributed by atoms with Crippen molar-refractivity contribution in [2.75, 3.05) is 0 Å². The first-order valence-corrected chi connectivity index (χ1v) is 18.0. The second-order valence-electron chi connectivity index (χ2n) is 12.6. The zero-order valence-electron chi connectivity index (χ0n) is 26.0. The molecule has 3 nitrogen and oxygen atoms in total. The van der Waals surface area contributed by atoms with Crippen LogP contribution in [-0.2, 0) is 9.98 Å². The molecule has 0 fully saturated rings. The summed E-state index contributed by atoms with van der Waals surface area (Å²) in [5, 5.41) is 2.49. The van der Waals surface area contributed by atoms with Gasteiger partial charge in [0.1, 0.15) is 5.82 Å². The van der Waals surface area contributed by atoms with Gasteiger partial charge in [0.05, 0.1) is 22.1 Å². The molecule has 4 heteroatoms. The Morgan fingerprint density at radius 1 is 0.479 bits per heavy atom. The van der Waals surface area contributed by atoms with Crippen LogP contribution in [0.15, 0.2) is 176 Å². The van der Waals surface area contributed by atoms with E-state index in [9.17, 15) is 0 Å². The fourth-order valence-corrected chi connectivity index (χ4v) is 11.0. The molecule has 8 aromatic rings. The Bertz CT molecular complexity index is 2550. The molecule has 2 aliphatic rings. The molecule has 10 rings (SSSR count). The van der Waals surface area contributed by atoms with Crippen LogP contribution in [0.1, 0.15) is 22.3 Å². The summed E-state index contributed by atoms with van der Waals surface area (Å²) in [4.78, 5) is 5.27. The van der Waals surface area contributed by atoms with Crippen molar-refractivity contribution in [1.29, 1.82) is 0 Å². The third-order valence-electron chi connectivity index (χ3n) is 10.3. The Kier molecular flexibility index (Phi) is 5.77. The molecule has 226 valence electrons. The van der Waals surface area contributed by atoms with Crippen LogP contribution in [0.4, 0.5) is 0 Å². The van der Waals surface area contributed by atoms with Crippen molar-refractivity contribution in [3.05, 3.63) is 198 Å². The molecular formula is C44H29N2OP. The average molecular weight is 633 g/mol. The highest BCUT2D eigenvalue weighted by molar-refractivity contribution is 7.85. The second kappa shape index (κ2) is 10.1. The van der Waals surface area contributed by atoms with E-state index in [1.165, 1.54) is 27.8 Å². The molecule has 0 saturated carbocycles. The molecule has 0 saturated heterocycles. The molecule has 0 radical (unpaired) electrons. The quantitative estimate of drug-likeness (QED) is 0.182. The number of hydrogen-bond acceptors (Lipinski definition) is 2. The van der Waals surface area contributed by atoms with Crippen LogP contribution < -0.4 is 15.9 Å². The second-order valence-corrected chi connectivity index (χ2v) is 15.4. The maximum atomic E-state index is 15.7. The molecule has 1 aliphatic heterocycles. The van der Waals surface area contributed by atoms with Gasteiger partial charge in [-0.3, -0.25) is 4.57 Å². The number of imidazole rings is 1. The van der Waals surface area contributed by atoms with Crippen molar-refractivity contribution < 1.29 is 4.57 Å². The van der Waals surface area contributed by atoms with Crippen LogP contribution in [0.3, 0.4) is 0 Å². The SMILES string of the molecule is O=P(c1ccccc1)(c1ccccc1)c1ccc2c(c1)C1(c3ccccc3-2)c2ccccc2-n2c(-c3ccccc3)nc3cccc1c32. The summed E-state index contributed by atoms with van der Waals surface area (Å²) in [6.45, 7) is 0. The fraction of sp³-hybridized carbons (Fsp3) is 0.0227. The third kappa shape index (κ3) is 3.49. The predicted molar refractivity (Wildman–Crippen MR) is 197 cm³/mol. The van der Waals surface area contributed by atoms with Crippen molar-refractivity contribution >= 4 is 34.1 Å². The molecule has 1 aromatic heterocycles. The Balaban J connectivity index is 1.34. The van der Waals surface area contributed by atoms with E-state index >= 15 is 4.57 Å². The van der Waals surface area contributed by atoms with E-state index in [1.807, 2.05) is 66.7 Å². The monoisotopic (exact) mass is 632 g/mol. The van der Waals surface area contributed by atoms with Gasteiger partial charge < -0.3 is 4.57 Å². The minimum Gasteiger partial charge on any atom is -0.309 e. The van der Waals surface area contributed by atoms with Crippen LogP contribution in [0.5, 0.6) is 0 Å². The van der Waals surface area contributed by atoms with E-state index in [4.69, 9.17) is 4.98 Å². The van der Waals surface area contributed by atoms with Gasteiger partial charge in [-0.05, 0) is 51.6 Å². The third-order valence-corrected chi connectivity index (χ3v) is 13.3. The maximum Gasteiger partial charge on any atom is 0.171 e. The molecule has 1 aliphatic carbocycles. The Labute approximate surface area is 279 Å². The lowest BCUT2D eigenvalue weighted by Gasteiger charge is -2.39. The van der Waals surface area contributed by atoms with Gasteiger partial charge in [-0.1, -0.05) is 158 Å². The van der Waals surface area contributed by atoms with Gasteiger partial charge in [0.15, 0.2) is 7.14 Å². The molecule has 48 heavy (non-hydrogen) atoms. The number of hydrogen-bond donors (Lipinski definition) is 0. The predicted octanol–water partition coefficient (Wildman–Crippen LogP) is 9.01. The zero-order chi connectivity index (χ0) is 31.9. The lowest BCUT2D eigenvalue weighted by atomic mass is 9.65. The topological polar surface area (TPSA) is 34.9 Å². The van der Waals surface area contributed by atoms with Gasteiger partial charge in [0.25, 0.3) is 0 Å². The molecule has 1 spiro atoms. The van der Waals surface area contributed by atoms with Crippen molar-refractivity contribution in [3.63, 3.8) is 0 Å². The van der Waals surface area contributed by atoms with Crippen molar-refractivity contribution in [2.24, 2.45) is 0 Å². The van der Waals surface area contributed by atoms with Crippen molar-refractivity contribution in [2.45, 2.75) is 5.41 Å². The standard InChI is InChI=1S/C44H29N2OP/c47-48(31-17-6-2-7-18-31,32-19-8-3-9-20-32)33-27-28-35-34-21-10-11-22-36(34)44(39(35)29-33)37-23-12-13-26-41(37)46-42-38(44)24-14-25-40(42)45-43(46)30-15-4-1-5-16-30/h1-29H. The first-order valence-electron chi connectivity index (χ1n) is 16.3. The maximum absolute atomic E-state index is 15.7. The number of rotatable bonds is 4. The Morgan fingerprint density at radius 2 is 1.06 bits per heavy atom. The highest BCUT2D eigenvalue weighted by atomic mass is 31.2. The van der Waals surface area contributed by atoms with Crippen LogP contribution >= 0.6 is 7.14 Å². The zero-order valence-corrected chi connectivity index (χ0v) is 26.9. The largest absolute Gasteiger partial charge is 0.309 e. The summed E-state index contributed by atoms with van der Waals surface area (Å²) in [6.07, 6.45) is 0. The first-order chi connectivity index (χ1) is 23.7. The van der Waals surface area contributed by atoms with E-state index in [0.29, 0.717) is 0 Å². The number of benzene rings is 7.